The summed E-state index contributed by atoms with van der Waals surface area (Å²) in [5.41, 5.74) is 11.0. The zero-order valence-electron chi connectivity index (χ0n) is 10.6. The molecule has 0 radical (unpaired) electrons. The molecule has 2 rings (SSSR count). The topological polar surface area (TPSA) is 56.7 Å². The molecule has 0 saturated heterocycles. The molecule has 0 spiro atoms. The molecular formula is C13H18N4. The second-order valence-corrected chi connectivity index (χ2v) is 4.08. The normalized spacial score (nSPS) is 10.8. The Hall–Kier alpha value is -1.84. The van der Waals surface area contributed by atoms with E-state index in [1.165, 1.54) is 0 Å². The second-order valence-electron chi connectivity index (χ2n) is 4.08. The van der Waals surface area contributed by atoms with Crippen LogP contribution >= 0.6 is 0 Å². The molecule has 17 heavy (non-hydrogen) atoms. The van der Waals surface area contributed by atoms with Crippen LogP contribution in [0.1, 0.15) is 30.9 Å². The number of anilines is 1. The van der Waals surface area contributed by atoms with E-state index in [4.69, 9.17) is 5.73 Å². The molecule has 2 aromatic rings. The minimum absolute atomic E-state index is 0.824. The molecule has 0 aliphatic heterocycles. The van der Waals surface area contributed by atoms with E-state index in [1.807, 2.05) is 23.7 Å². The lowest BCUT2D eigenvalue weighted by Crippen LogP contribution is -2.03. The number of aryl methyl sites for hydroxylation is 2. The predicted octanol–water partition coefficient (Wildman–Crippen LogP) is 2.28. The van der Waals surface area contributed by atoms with E-state index in [0.29, 0.717) is 0 Å². The summed E-state index contributed by atoms with van der Waals surface area (Å²) in [6.07, 6.45) is 3.53. The van der Waals surface area contributed by atoms with Gasteiger partial charge in [0, 0.05) is 11.9 Å². The van der Waals surface area contributed by atoms with Crippen LogP contribution in [-0.2, 0) is 12.8 Å². The summed E-state index contributed by atoms with van der Waals surface area (Å²) in [4.78, 5) is 4.20. The Morgan fingerprint density at radius 2 is 2.06 bits per heavy atom. The van der Waals surface area contributed by atoms with Crippen LogP contribution in [0, 0.1) is 6.92 Å². The molecule has 0 fully saturated rings. The Balaban J connectivity index is 2.58. The highest BCUT2D eigenvalue weighted by atomic mass is 15.3. The van der Waals surface area contributed by atoms with Crippen LogP contribution in [0.2, 0.25) is 0 Å². The van der Waals surface area contributed by atoms with E-state index in [2.05, 4.69) is 23.9 Å². The molecule has 0 aliphatic rings. The van der Waals surface area contributed by atoms with E-state index >= 15 is 0 Å². The first-order valence-electron chi connectivity index (χ1n) is 5.96. The molecule has 0 amide bonds. The van der Waals surface area contributed by atoms with Crippen LogP contribution in [-0.4, -0.2) is 14.8 Å². The van der Waals surface area contributed by atoms with Gasteiger partial charge in [-0.3, -0.25) is 4.98 Å². The van der Waals surface area contributed by atoms with E-state index < -0.39 is 0 Å². The summed E-state index contributed by atoms with van der Waals surface area (Å²) in [6.45, 7) is 6.14. The molecule has 2 N–H and O–H groups in total. The first-order valence-corrected chi connectivity index (χ1v) is 5.96. The summed E-state index contributed by atoms with van der Waals surface area (Å²) < 4.78 is 1.93. The SMILES string of the molecule is CCc1nn(-c2ccnc(C)c2)c(CC)c1N. The Labute approximate surface area is 101 Å². The molecule has 0 aromatic carbocycles. The molecule has 0 atom stereocenters. The van der Waals surface area contributed by atoms with Gasteiger partial charge in [-0.1, -0.05) is 13.8 Å². The lowest BCUT2D eigenvalue weighted by Gasteiger charge is -2.06. The standard InChI is InChI=1S/C13H18N4/c1-4-11-13(14)12(5-2)17(16-11)10-6-7-15-9(3)8-10/h6-8H,4-5,14H2,1-3H3. The average Bonchev–Trinajstić information content (AvgIpc) is 2.65. The Kier molecular flexibility index (Phi) is 3.13. The smallest absolute Gasteiger partial charge is 0.0858 e. The van der Waals surface area contributed by atoms with Gasteiger partial charge in [0.15, 0.2) is 0 Å². The van der Waals surface area contributed by atoms with Crippen LogP contribution in [0.15, 0.2) is 18.3 Å². The number of hydrogen-bond acceptors (Lipinski definition) is 3. The average molecular weight is 230 g/mol. The number of hydrogen-bond donors (Lipinski definition) is 1. The number of nitrogens with zero attached hydrogens (tertiary/aromatic N) is 3. The number of pyridine rings is 1. The summed E-state index contributed by atoms with van der Waals surface area (Å²) in [5.74, 6) is 0. The van der Waals surface area contributed by atoms with Crippen molar-refractivity contribution in [3.8, 4) is 5.69 Å². The van der Waals surface area contributed by atoms with Gasteiger partial charge in [-0.2, -0.15) is 5.10 Å². The van der Waals surface area contributed by atoms with Crippen molar-refractivity contribution in [2.45, 2.75) is 33.6 Å². The second kappa shape index (κ2) is 4.57. The predicted molar refractivity (Wildman–Crippen MR) is 69.3 cm³/mol. The van der Waals surface area contributed by atoms with E-state index in [1.54, 1.807) is 6.20 Å². The maximum atomic E-state index is 6.10. The molecule has 0 saturated carbocycles. The maximum Gasteiger partial charge on any atom is 0.0858 e. The Morgan fingerprint density at radius 1 is 1.29 bits per heavy atom. The molecule has 0 unspecified atom stereocenters. The fraction of sp³-hybridized carbons (Fsp3) is 0.385. The number of aromatic nitrogens is 3. The van der Waals surface area contributed by atoms with Gasteiger partial charge < -0.3 is 5.73 Å². The number of nitrogen functional groups attached to an aromatic ring is 1. The molecule has 90 valence electrons. The third-order valence-corrected chi connectivity index (χ3v) is 2.89. The zero-order valence-corrected chi connectivity index (χ0v) is 10.6. The van der Waals surface area contributed by atoms with Crippen LogP contribution in [0.25, 0.3) is 5.69 Å². The highest BCUT2D eigenvalue weighted by Crippen LogP contribution is 2.22. The lowest BCUT2D eigenvalue weighted by molar-refractivity contribution is 0.791. The summed E-state index contributed by atoms with van der Waals surface area (Å²) in [5, 5.41) is 4.57. The molecule has 2 aromatic heterocycles. The van der Waals surface area contributed by atoms with Crippen molar-refractivity contribution < 1.29 is 0 Å². The van der Waals surface area contributed by atoms with Crippen molar-refractivity contribution in [3.05, 3.63) is 35.4 Å². The summed E-state index contributed by atoms with van der Waals surface area (Å²) in [7, 11) is 0. The quantitative estimate of drug-likeness (QED) is 0.880. The minimum Gasteiger partial charge on any atom is -0.396 e. The number of nitrogens with two attached hydrogens (primary N) is 1. The Bertz CT molecular complexity index is 528. The fourth-order valence-electron chi connectivity index (χ4n) is 1.99. The largest absolute Gasteiger partial charge is 0.396 e. The lowest BCUT2D eigenvalue weighted by atomic mass is 10.2. The van der Waals surface area contributed by atoms with Gasteiger partial charge in [-0.15, -0.1) is 0 Å². The molecule has 0 bridgehead atoms. The van der Waals surface area contributed by atoms with Gasteiger partial charge in [0.1, 0.15) is 0 Å². The van der Waals surface area contributed by atoms with Crippen molar-refractivity contribution in [1.82, 2.24) is 14.8 Å². The summed E-state index contributed by atoms with van der Waals surface area (Å²) in [6, 6.07) is 3.98. The molecule has 2 heterocycles. The van der Waals surface area contributed by atoms with Crippen LogP contribution < -0.4 is 5.73 Å². The van der Waals surface area contributed by atoms with Crippen LogP contribution in [0.3, 0.4) is 0 Å². The highest BCUT2D eigenvalue weighted by Gasteiger charge is 2.13. The molecule has 0 aliphatic carbocycles. The fourth-order valence-corrected chi connectivity index (χ4v) is 1.99. The van der Waals surface area contributed by atoms with Gasteiger partial charge >= 0.3 is 0 Å². The molecular weight excluding hydrogens is 212 g/mol. The third kappa shape index (κ3) is 2.02. The highest BCUT2D eigenvalue weighted by molar-refractivity contribution is 5.51. The first kappa shape index (κ1) is 11.6. The third-order valence-electron chi connectivity index (χ3n) is 2.89. The zero-order chi connectivity index (χ0) is 12.4. The van der Waals surface area contributed by atoms with Gasteiger partial charge in [0.05, 0.1) is 22.8 Å². The van der Waals surface area contributed by atoms with Gasteiger partial charge in [0.25, 0.3) is 0 Å². The maximum absolute atomic E-state index is 6.10. The number of rotatable bonds is 3. The van der Waals surface area contributed by atoms with E-state index in [-0.39, 0.29) is 0 Å². The summed E-state index contributed by atoms with van der Waals surface area (Å²) >= 11 is 0. The van der Waals surface area contributed by atoms with Crippen LogP contribution in [0.4, 0.5) is 5.69 Å². The first-order chi connectivity index (χ1) is 8.17. The van der Waals surface area contributed by atoms with E-state index in [0.717, 1.165) is 41.3 Å². The van der Waals surface area contributed by atoms with Crippen molar-refractivity contribution in [3.63, 3.8) is 0 Å². The molecule has 4 nitrogen and oxygen atoms in total. The van der Waals surface area contributed by atoms with Gasteiger partial charge in [-0.05, 0) is 31.9 Å². The van der Waals surface area contributed by atoms with Crippen molar-refractivity contribution in [2.75, 3.05) is 5.73 Å². The van der Waals surface area contributed by atoms with Gasteiger partial charge in [-0.25, -0.2) is 4.68 Å². The van der Waals surface area contributed by atoms with Crippen molar-refractivity contribution >= 4 is 5.69 Å². The monoisotopic (exact) mass is 230 g/mol. The Morgan fingerprint density at radius 3 is 2.65 bits per heavy atom. The minimum atomic E-state index is 0.824. The van der Waals surface area contributed by atoms with Crippen molar-refractivity contribution in [2.24, 2.45) is 0 Å². The van der Waals surface area contributed by atoms with E-state index in [9.17, 15) is 0 Å². The van der Waals surface area contributed by atoms with Gasteiger partial charge in [0.2, 0.25) is 0 Å². The van der Waals surface area contributed by atoms with Crippen LogP contribution in [0.5, 0.6) is 0 Å². The molecule has 4 heteroatoms. The van der Waals surface area contributed by atoms with Crippen molar-refractivity contribution in [1.29, 1.82) is 0 Å².